The molecule has 1 aliphatic rings. The van der Waals surface area contributed by atoms with Crippen LogP contribution in [0.25, 0.3) is 11.4 Å². The summed E-state index contributed by atoms with van der Waals surface area (Å²) in [5.74, 6) is -1.01. The predicted octanol–water partition coefficient (Wildman–Crippen LogP) is 2.01. The van der Waals surface area contributed by atoms with E-state index in [1.807, 2.05) is 0 Å². The van der Waals surface area contributed by atoms with Gasteiger partial charge in [-0.1, -0.05) is 24.3 Å². The molecule has 40 heavy (non-hydrogen) atoms. The number of H-pyrrole nitrogens is 1. The van der Waals surface area contributed by atoms with Gasteiger partial charge in [0, 0.05) is 37.8 Å². The molecule has 0 saturated heterocycles. The smallest absolute Gasteiger partial charge is 0.324 e. The third-order valence-corrected chi connectivity index (χ3v) is 6.39. The Balaban J connectivity index is 1.32. The summed E-state index contributed by atoms with van der Waals surface area (Å²) in [6.07, 6.45) is 1.13. The first kappa shape index (κ1) is 26.3. The van der Waals surface area contributed by atoms with E-state index in [0.29, 0.717) is 22.6 Å². The van der Waals surface area contributed by atoms with E-state index in [-0.39, 0.29) is 36.3 Å². The summed E-state index contributed by atoms with van der Waals surface area (Å²) in [6.45, 7) is 1.98. The van der Waals surface area contributed by atoms with Crippen LogP contribution in [0.1, 0.15) is 43.7 Å². The molecule has 4 aromatic rings. The van der Waals surface area contributed by atoms with Crippen molar-refractivity contribution in [3.05, 3.63) is 82.7 Å². The number of nitrogens with one attached hydrogen (secondary N) is 3. The fraction of sp³-hybridized carbons (Fsp3) is 0.231. The zero-order valence-electron chi connectivity index (χ0n) is 21.8. The molecule has 0 spiro atoms. The highest BCUT2D eigenvalue weighted by Gasteiger charge is 2.35. The quantitative estimate of drug-likeness (QED) is 0.332. The van der Waals surface area contributed by atoms with Crippen molar-refractivity contribution >= 4 is 23.5 Å². The Bertz CT molecular complexity index is 1590. The number of hydrogen-bond donors (Lipinski definition) is 3. The van der Waals surface area contributed by atoms with Crippen LogP contribution in [0.5, 0.6) is 0 Å². The van der Waals surface area contributed by atoms with Gasteiger partial charge in [0.1, 0.15) is 23.5 Å². The lowest BCUT2D eigenvalue weighted by Gasteiger charge is -2.22. The lowest BCUT2D eigenvalue weighted by atomic mass is 10.1. The van der Waals surface area contributed by atoms with Crippen LogP contribution in [0.2, 0.25) is 0 Å². The van der Waals surface area contributed by atoms with Crippen LogP contribution in [0.15, 0.2) is 48.8 Å². The number of carbonyl (C=O) groups is 3. The number of halogens is 1. The van der Waals surface area contributed by atoms with Crippen LogP contribution in [0, 0.1) is 12.7 Å². The van der Waals surface area contributed by atoms with Crippen molar-refractivity contribution in [2.45, 2.75) is 19.5 Å². The zero-order valence-corrected chi connectivity index (χ0v) is 21.8. The van der Waals surface area contributed by atoms with Crippen LogP contribution < -0.4 is 15.5 Å². The highest BCUT2D eigenvalue weighted by molar-refractivity contribution is 5.99. The molecule has 0 saturated carbocycles. The van der Waals surface area contributed by atoms with Crippen molar-refractivity contribution in [3.63, 3.8) is 0 Å². The third kappa shape index (κ3) is 5.32. The summed E-state index contributed by atoms with van der Waals surface area (Å²) in [6, 6.07) is 10.4. The Morgan fingerprint density at radius 1 is 1.07 bits per heavy atom. The monoisotopic (exact) mass is 544 g/mol. The number of rotatable bonds is 6. The molecule has 3 N–H and O–H groups in total. The lowest BCUT2D eigenvalue weighted by Crippen LogP contribution is -2.40. The number of carbonyl (C=O) groups excluding carboxylic acids is 3. The molecule has 0 bridgehead atoms. The minimum atomic E-state index is -0.542. The minimum Gasteiger partial charge on any atom is -0.347 e. The number of aryl methyl sites for hydroxylation is 1. The first-order valence-electron chi connectivity index (χ1n) is 12.2. The van der Waals surface area contributed by atoms with Gasteiger partial charge in [0.05, 0.1) is 18.3 Å². The Kier molecular flexibility index (Phi) is 7.14. The number of tetrazole rings is 1. The number of hydrogen-bond acceptors (Lipinski definition) is 8. The second-order valence-corrected chi connectivity index (χ2v) is 9.38. The Morgan fingerprint density at radius 2 is 1.85 bits per heavy atom. The van der Waals surface area contributed by atoms with Gasteiger partial charge in [-0.3, -0.25) is 14.5 Å². The summed E-state index contributed by atoms with van der Waals surface area (Å²) in [5.41, 5.74) is 3.15. The molecule has 1 aliphatic heterocycles. The highest BCUT2D eigenvalue weighted by Crippen LogP contribution is 2.38. The summed E-state index contributed by atoms with van der Waals surface area (Å²) in [5, 5.41) is 19.6. The number of benzene rings is 2. The van der Waals surface area contributed by atoms with Crippen LogP contribution in [0.3, 0.4) is 0 Å². The van der Waals surface area contributed by atoms with Gasteiger partial charge in [-0.05, 0) is 35.4 Å². The number of anilines is 1. The summed E-state index contributed by atoms with van der Waals surface area (Å²) < 4.78 is 13.5. The largest absolute Gasteiger partial charge is 0.347 e. The van der Waals surface area contributed by atoms with Crippen LogP contribution in [-0.4, -0.2) is 74.0 Å². The van der Waals surface area contributed by atoms with Gasteiger partial charge in [-0.25, -0.2) is 19.2 Å². The van der Waals surface area contributed by atoms with Gasteiger partial charge in [0.15, 0.2) is 0 Å². The fourth-order valence-corrected chi connectivity index (χ4v) is 4.35. The van der Waals surface area contributed by atoms with Gasteiger partial charge in [0.2, 0.25) is 5.82 Å². The van der Waals surface area contributed by atoms with Gasteiger partial charge in [0.25, 0.3) is 11.8 Å². The van der Waals surface area contributed by atoms with E-state index >= 15 is 0 Å². The maximum absolute atomic E-state index is 13.5. The van der Waals surface area contributed by atoms with Gasteiger partial charge < -0.3 is 15.5 Å². The first-order chi connectivity index (χ1) is 19.2. The first-order valence-corrected chi connectivity index (χ1v) is 12.2. The summed E-state index contributed by atoms with van der Waals surface area (Å²) >= 11 is 0. The predicted molar refractivity (Wildman–Crippen MR) is 141 cm³/mol. The van der Waals surface area contributed by atoms with Gasteiger partial charge in [-0.15, -0.1) is 10.2 Å². The van der Waals surface area contributed by atoms with Gasteiger partial charge >= 0.3 is 6.03 Å². The van der Waals surface area contributed by atoms with Gasteiger partial charge in [-0.2, -0.15) is 5.21 Å². The molecular formula is C26H25FN10O3. The van der Waals surface area contributed by atoms with E-state index in [1.54, 1.807) is 56.3 Å². The molecule has 0 fully saturated rings. The molecule has 3 heterocycles. The van der Waals surface area contributed by atoms with E-state index in [4.69, 9.17) is 0 Å². The molecule has 2 aromatic carbocycles. The Morgan fingerprint density at radius 3 is 2.55 bits per heavy atom. The van der Waals surface area contributed by atoms with E-state index < -0.39 is 17.9 Å². The molecule has 5 rings (SSSR count). The maximum atomic E-state index is 13.5. The summed E-state index contributed by atoms with van der Waals surface area (Å²) in [7, 11) is 3.28. The van der Waals surface area contributed by atoms with Crippen LogP contribution >= 0.6 is 0 Å². The van der Waals surface area contributed by atoms with Crippen LogP contribution in [-0.2, 0) is 6.54 Å². The molecule has 0 radical (unpaired) electrons. The van der Waals surface area contributed by atoms with Crippen molar-refractivity contribution in [3.8, 4) is 11.4 Å². The lowest BCUT2D eigenvalue weighted by molar-refractivity contribution is 0.0933. The second kappa shape index (κ2) is 10.8. The van der Waals surface area contributed by atoms with E-state index in [9.17, 15) is 18.8 Å². The van der Waals surface area contributed by atoms with E-state index in [1.165, 1.54) is 17.0 Å². The van der Waals surface area contributed by atoms with Crippen molar-refractivity contribution < 1.29 is 18.8 Å². The Hall–Kier alpha value is -5.27. The highest BCUT2D eigenvalue weighted by atomic mass is 19.1. The van der Waals surface area contributed by atoms with E-state index in [2.05, 4.69) is 41.2 Å². The molecule has 1 atom stereocenters. The SMILES string of the molecule is Cc1cc(CNC(=O)c2cc(C(=O)NC3CN(C(=O)N(C)C)c4cc(-c5nn[nH]n5)ccc43)ncn2)ccc1F. The van der Waals surface area contributed by atoms with E-state index in [0.717, 1.165) is 17.5 Å². The maximum Gasteiger partial charge on any atom is 0.324 e. The molecule has 204 valence electrons. The normalized spacial score (nSPS) is 14.0. The fourth-order valence-electron chi connectivity index (χ4n) is 4.35. The zero-order chi connectivity index (χ0) is 28.4. The number of aromatic nitrogens is 6. The number of fused-ring (bicyclic) bond motifs is 1. The topological polar surface area (TPSA) is 162 Å². The number of amides is 4. The Labute approximate surface area is 227 Å². The summed E-state index contributed by atoms with van der Waals surface area (Å²) in [4.78, 5) is 49.8. The molecule has 13 nitrogen and oxygen atoms in total. The van der Waals surface area contributed by atoms with Crippen LogP contribution in [0.4, 0.5) is 14.9 Å². The average Bonchev–Trinajstić information content (AvgIpc) is 3.61. The second-order valence-electron chi connectivity index (χ2n) is 9.38. The minimum absolute atomic E-state index is 0.0000263. The molecular weight excluding hydrogens is 519 g/mol. The average molecular weight is 545 g/mol. The molecule has 1 unspecified atom stereocenters. The third-order valence-electron chi connectivity index (χ3n) is 6.39. The molecule has 0 aliphatic carbocycles. The molecule has 4 amide bonds. The van der Waals surface area contributed by atoms with Crippen molar-refractivity contribution in [1.82, 2.24) is 46.1 Å². The molecule has 2 aromatic heterocycles. The number of aromatic amines is 1. The van der Waals surface area contributed by atoms with Crippen molar-refractivity contribution in [1.29, 1.82) is 0 Å². The standard InChI is InChI=1S/C26H25FN10O3/c1-14-8-15(4-7-18(14)27)11-28-24(38)19-10-20(30-13-29-19)25(39)31-21-12-37(26(40)36(2)3)22-9-16(5-6-17(21)22)23-32-34-35-33-23/h4-10,13,21H,11-12H2,1-3H3,(H,28,38)(H,31,39)(H,32,33,34,35). The van der Waals surface area contributed by atoms with Crippen molar-refractivity contribution in [2.24, 2.45) is 0 Å². The van der Waals surface area contributed by atoms with Crippen molar-refractivity contribution in [2.75, 3.05) is 25.5 Å². The molecule has 14 heteroatoms. The number of urea groups is 1. The number of nitrogens with zero attached hydrogens (tertiary/aromatic N) is 7.